The minimum Gasteiger partial charge on any atom is -0.421 e. The lowest BCUT2D eigenvalue weighted by Gasteiger charge is -2.55. The minimum atomic E-state index is -0.0867. The van der Waals surface area contributed by atoms with Crippen LogP contribution in [0.5, 0.6) is 0 Å². The molecule has 0 unspecified atom stereocenters. The van der Waals surface area contributed by atoms with Crippen LogP contribution in [0.1, 0.15) is 50.0 Å². The topological polar surface area (TPSA) is 68.0 Å². The molecule has 4 aliphatic carbocycles. The number of carbonyl (C=O) groups excluding carboxylic acids is 1. The molecular weight excluding hydrogens is 338 g/mol. The number of benzene rings is 1. The molecule has 5 heteroatoms. The maximum absolute atomic E-state index is 13.0. The molecule has 4 bridgehead atoms. The molecule has 0 saturated heterocycles. The normalized spacial score (nSPS) is 31.2. The number of amides is 1. The predicted molar refractivity (Wildman–Crippen MR) is 102 cm³/mol. The molecule has 4 aliphatic rings. The van der Waals surface area contributed by atoms with Crippen LogP contribution in [-0.4, -0.2) is 22.6 Å². The number of rotatable bonds is 5. The van der Waals surface area contributed by atoms with Gasteiger partial charge in [-0.1, -0.05) is 17.7 Å². The van der Waals surface area contributed by atoms with Gasteiger partial charge in [0.2, 0.25) is 17.7 Å². The van der Waals surface area contributed by atoms with Gasteiger partial charge in [0.25, 0.3) is 0 Å². The summed E-state index contributed by atoms with van der Waals surface area (Å²) in [7, 11) is 0. The van der Waals surface area contributed by atoms with Crippen LogP contribution in [0.15, 0.2) is 28.7 Å². The molecule has 0 radical (unpaired) electrons. The van der Waals surface area contributed by atoms with Crippen molar-refractivity contribution >= 4 is 5.91 Å². The van der Waals surface area contributed by atoms with Crippen molar-refractivity contribution in [2.75, 3.05) is 6.54 Å². The van der Waals surface area contributed by atoms with Gasteiger partial charge in [0, 0.05) is 23.9 Å². The second kappa shape index (κ2) is 6.47. The fraction of sp³-hybridized carbons (Fsp3) is 0.591. The van der Waals surface area contributed by atoms with E-state index in [4.69, 9.17) is 4.42 Å². The van der Waals surface area contributed by atoms with Crippen molar-refractivity contribution in [3.05, 3.63) is 35.7 Å². The first-order chi connectivity index (χ1) is 13.1. The van der Waals surface area contributed by atoms with Gasteiger partial charge in [0.15, 0.2) is 0 Å². The average molecular weight is 365 g/mol. The Morgan fingerprint density at radius 2 is 1.70 bits per heavy atom. The average Bonchev–Trinajstić information content (AvgIpc) is 3.10. The first kappa shape index (κ1) is 17.0. The smallest absolute Gasteiger partial charge is 0.247 e. The zero-order valence-corrected chi connectivity index (χ0v) is 15.9. The molecule has 142 valence electrons. The molecule has 1 aromatic heterocycles. The summed E-state index contributed by atoms with van der Waals surface area (Å²) in [5.74, 6) is 3.74. The molecule has 1 N–H and O–H groups in total. The number of aryl methyl sites for hydroxylation is 1. The van der Waals surface area contributed by atoms with E-state index in [0.29, 0.717) is 24.7 Å². The highest BCUT2D eigenvalue weighted by molar-refractivity contribution is 5.83. The molecule has 0 spiro atoms. The van der Waals surface area contributed by atoms with Gasteiger partial charge >= 0.3 is 0 Å². The fourth-order valence-corrected chi connectivity index (χ4v) is 6.03. The molecule has 1 heterocycles. The van der Waals surface area contributed by atoms with Gasteiger partial charge in [0.05, 0.1) is 0 Å². The van der Waals surface area contributed by atoms with Crippen molar-refractivity contribution < 1.29 is 9.21 Å². The van der Waals surface area contributed by atoms with Gasteiger partial charge in [-0.2, -0.15) is 0 Å². The van der Waals surface area contributed by atoms with Gasteiger partial charge < -0.3 is 9.73 Å². The third kappa shape index (κ3) is 3.17. The van der Waals surface area contributed by atoms with Gasteiger partial charge in [-0.15, -0.1) is 10.2 Å². The maximum atomic E-state index is 13.0. The molecular formula is C22H27N3O2. The number of nitrogens with zero attached hydrogens (tertiary/aromatic N) is 2. The van der Waals surface area contributed by atoms with E-state index in [2.05, 4.69) is 22.4 Å². The quantitative estimate of drug-likeness (QED) is 0.872. The van der Waals surface area contributed by atoms with Gasteiger partial charge in [-0.05, 0) is 75.3 Å². The van der Waals surface area contributed by atoms with Crippen molar-refractivity contribution in [1.29, 1.82) is 0 Å². The first-order valence-corrected chi connectivity index (χ1v) is 10.3. The summed E-state index contributed by atoms with van der Waals surface area (Å²) in [6.45, 7) is 2.62. The lowest BCUT2D eigenvalue weighted by molar-refractivity contribution is -0.146. The Morgan fingerprint density at radius 3 is 2.33 bits per heavy atom. The van der Waals surface area contributed by atoms with Crippen LogP contribution in [-0.2, 0) is 11.2 Å². The zero-order chi connectivity index (χ0) is 18.4. The van der Waals surface area contributed by atoms with Crippen LogP contribution >= 0.6 is 0 Å². The van der Waals surface area contributed by atoms with Crippen LogP contribution in [0, 0.1) is 30.1 Å². The highest BCUT2D eigenvalue weighted by atomic mass is 16.4. The summed E-state index contributed by atoms with van der Waals surface area (Å²) in [6.07, 6.45) is 7.95. The summed E-state index contributed by atoms with van der Waals surface area (Å²) in [6, 6.07) is 8.04. The summed E-state index contributed by atoms with van der Waals surface area (Å²) in [5, 5.41) is 11.5. The van der Waals surface area contributed by atoms with E-state index in [9.17, 15) is 4.79 Å². The molecule has 6 rings (SSSR count). The van der Waals surface area contributed by atoms with E-state index >= 15 is 0 Å². The minimum absolute atomic E-state index is 0.0867. The van der Waals surface area contributed by atoms with E-state index in [1.54, 1.807) is 0 Å². The van der Waals surface area contributed by atoms with Crippen LogP contribution in [0.4, 0.5) is 0 Å². The molecule has 0 atom stereocenters. The Labute approximate surface area is 159 Å². The molecule has 4 saturated carbocycles. The summed E-state index contributed by atoms with van der Waals surface area (Å²) in [5.41, 5.74) is 2.04. The van der Waals surface area contributed by atoms with Gasteiger partial charge in [0.1, 0.15) is 0 Å². The molecule has 5 nitrogen and oxygen atoms in total. The van der Waals surface area contributed by atoms with E-state index < -0.39 is 0 Å². The van der Waals surface area contributed by atoms with Gasteiger partial charge in [-0.25, -0.2) is 0 Å². The van der Waals surface area contributed by atoms with Crippen molar-refractivity contribution in [2.45, 2.75) is 51.9 Å². The largest absolute Gasteiger partial charge is 0.421 e. The first-order valence-electron chi connectivity index (χ1n) is 10.3. The van der Waals surface area contributed by atoms with Crippen molar-refractivity contribution in [3.8, 4) is 11.5 Å². The molecule has 2 aromatic rings. The lowest BCUT2D eigenvalue weighted by atomic mass is 9.49. The Balaban J connectivity index is 1.18. The van der Waals surface area contributed by atoms with Crippen molar-refractivity contribution in [1.82, 2.24) is 15.5 Å². The van der Waals surface area contributed by atoms with Crippen LogP contribution < -0.4 is 5.32 Å². The second-order valence-electron chi connectivity index (χ2n) is 9.07. The summed E-state index contributed by atoms with van der Waals surface area (Å²) in [4.78, 5) is 13.0. The molecule has 1 aromatic carbocycles. The van der Waals surface area contributed by atoms with E-state index in [1.807, 2.05) is 24.3 Å². The highest BCUT2D eigenvalue weighted by Crippen LogP contribution is 2.60. The lowest BCUT2D eigenvalue weighted by Crippen LogP contribution is -2.53. The Bertz CT molecular complexity index is 804. The summed E-state index contributed by atoms with van der Waals surface area (Å²) < 4.78 is 5.77. The van der Waals surface area contributed by atoms with Crippen molar-refractivity contribution in [2.24, 2.45) is 23.2 Å². The van der Waals surface area contributed by atoms with Crippen LogP contribution in [0.3, 0.4) is 0 Å². The van der Waals surface area contributed by atoms with E-state index in [0.717, 1.165) is 42.6 Å². The maximum Gasteiger partial charge on any atom is 0.247 e. The van der Waals surface area contributed by atoms with Crippen LogP contribution in [0.2, 0.25) is 0 Å². The molecule has 0 aliphatic heterocycles. The predicted octanol–water partition coefficient (Wildman–Crippen LogP) is 3.92. The Hall–Kier alpha value is -2.17. The molecule has 1 amide bonds. The number of nitrogens with one attached hydrogen (secondary N) is 1. The zero-order valence-electron chi connectivity index (χ0n) is 15.9. The number of hydrogen-bond donors (Lipinski definition) is 1. The monoisotopic (exact) mass is 365 g/mol. The SMILES string of the molecule is Cc1ccc(-c2nnc(CCNC(=O)C34CC5CC(CC(C5)C3)C4)o2)cc1. The summed E-state index contributed by atoms with van der Waals surface area (Å²) >= 11 is 0. The van der Waals surface area contributed by atoms with Crippen molar-refractivity contribution in [3.63, 3.8) is 0 Å². The number of carbonyl (C=O) groups is 1. The van der Waals surface area contributed by atoms with Crippen LogP contribution in [0.25, 0.3) is 11.5 Å². The number of aromatic nitrogens is 2. The second-order valence-corrected chi connectivity index (χ2v) is 9.07. The number of hydrogen-bond acceptors (Lipinski definition) is 4. The fourth-order valence-electron chi connectivity index (χ4n) is 6.03. The Kier molecular flexibility index (Phi) is 4.06. The standard InChI is InChI=1S/C22H27N3O2/c1-14-2-4-18(5-3-14)20-25-24-19(27-20)6-7-23-21(26)22-11-15-8-16(12-22)10-17(9-15)13-22/h2-5,15-17H,6-13H2,1H3,(H,23,26). The van der Waals surface area contributed by atoms with E-state index in [1.165, 1.54) is 24.8 Å². The third-order valence-corrected chi connectivity index (χ3v) is 6.91. The molecule has 27 heavy (non-hydrogen) atoms. The highest BCUT2D eigenvalue weighted by Gasteiger charge is 2.54. The third-order valence-electron chi connectivity index (χ3n) is 6.91. The molecule has 4 fully saturated rings. The van der Waals surface area contributed by atoms with E-state index in [-0.39, 0.29) is 11.3 Å². The van der Waals surface area contributed by atoms with Gasteiger partial charge in [-0.3, -0.25) is 4.79 Å². The Morgan fingerprint density at radius 1 is 1.07 bits per heavy atom.